The van der Waals surface area contributed by atoms with Gasteiger partial charge in [-0.1, -0.05) is 30.3 Å². The molecule has 1 N–H and O–H groups in total. The van der Waals surface area contributed by atoms with Crippen molar-refractivity contribution in [3.63, 3.8) is 0 Å². The van der Waals surface area contributed by atoms with Gasteiger partial charge in [-0.3, -0.25) is 14.5 Å². The van der Waals surface area contributed by atoms with Crippen LogP contribution in [-0.4, -0.2) is 17.6 Å². The van der Waals surface area contributed by atoms with E-state index >= 15 is 0 Å². The molecule has 1 unspecified atom stereocenters. The van der Waals surface area contributed by atoms with Gasteiger partial charge in [-0.15, -0.1) is 11.8 Å². The summed E-state index contributed by atoms with van der Waals surface area (Å²) in [6, 6.07) is 19.0. The largest absolute Gasteiger partial charge is 0.416 e. The molecule has 2 amide bonds. The van der Waals surface area contributed by atoms with Gasteiger partial charge < -0.3 is 5.32 Å². The Morgan fingerprint density at radius 1 is 1.03 bits per heavy atom. The quantitative estimate of drug-likeness (QED) is 0.520. The van der Waals surface area contributed by atoms with Gasteiger partial charge in [0.2, 0.25) is 5.91 Å². The van der Waals surface area contributed by atoms with Crippen LogP contribution in [0.3, 0.4) is 0 Å². The summed E-state index contributed by atoms with van der Waals surface area (Å²) in [7, 11) is 0. The number of thioether (sulfide) groups is 1. The molecular formula is C24H19F3N2O2S. The third kappa shape index (κ3) is 4.50. The van der Waals surface area contributed by atoms with Crippen molar-refractivity contribution in [3.05, 3.63) is 95.1 Å². The maximum Gasteiger partial charge on any atom is 0.416 e. The second-order valence-corrected chi connectivity index (χ2v) is 8.43. The highest BCUT2D eigenvalue weighted by molar-refractivity contribution is 8.00. The second-order valence-electron chi connectivity index (χ2n) is 7.37. The normalized spacial score (nSPS) is 16.3. The summed E-state index contributed by atoms with van der Waals surface area (Å²) >= 11 is 1.38. The van der Waals surface area contributed by atoms with Crippen molar-refractivity contribution >= 4 is 35.0 Å². The van der Waals surface area contributed by atoms with Crippen molar-refractivity contribution < 1.29 is 22.8 Å². The molecule has 1 atom stereocenters. The summed E-state index contributed by atoms with van der Waals surface area (Å²) in [6.45, 7) is 1.86. The monoisotopic (exact) mass is 456 g/mol. The number of hydrogen-bond donors (Lipinski definition) is 1. The van der Waals surface area contributed by atoms with Gasteiger partial charge in [0, 0.05) is 16.9 Å². The molecule has 0 spiro atoms. The first-order chi connectivity index (χ1) is 15.2. The van der Waals surface area contributed by atoms with Crippen molar-refractivity contribution in [2.45, 2.75) is 18.5 Å². The summed E-state index contributed by atoms with van der Waals surface area (Å²) in [5, 5.41) is 2.47. The number of nitrogens with one attached hydrogen (secondary N) is 1. The van der Waals surface area contributed by atoms with Crippen molar-refractivity contribution in [2.24, 2.45) is 0 Å². The fourth-order valence-electron chi connectivity index (χ4n) is 3.56. The molecule has 3 aromatic rings. The first-order valence-electron chi connectivity index (χ1n) is 9.82. The summed E-state index contributed by atoms with van der Waals surface area (Å²) < 4.78 is 38.7. The Morgan fingerprint density at radius 2 is 1.75 bits per heavy atom. The highest BCUT2D eigenvalue weighted by Crippen LogP contribution is 2.43. The zero-order chi connectivity index (χ0) is 22.9. The van der Waals surface area contributed by atoms with Crippen LogP contribution in [0.1, 0.15) is 32.4 Å². The van der Waals surface area contributed by atoms with E-state index in [0.29, 0.717) is 16.9 Å². The minimum Gasteiger partial charge on any atom is -0.322 e. The predicted octanol–water partition coefficient (Wildman–Crippen LogP) is 6.04. The number of aryl methyl sites for hydroxylation is 1. The number of rotatable bonds is 4. The number of carbonyl (C=O) groups excluding carboxylic acids is 2. The third-order valence-corrected chi connectivity index (χ3v) is 6.37. The van der Waals surface area contributed by atoms with Crippen LogP contribution in [0.2, 0.25) is 0 Å². The second kappa shape index (κ2) is 8.70. The number of hydrogen-bond acceptors (Lipinski definition) is 3. The Balaban J connectivity index is 1.58. The third-order valence-electron chi connectivity index (χ3n) is 5.16. The van der Waals surface area contributed by atoms with E-state index in [4.69, 9.17) is 0 Å². The lowest BCUT2D eigenvalue weighted by Crippen LogP contribution is -2.28. The van der Waals surface area contributed by atoms with Gasteiger partial charge in [0.1, 0.15) is 5.37 Å². The van der Waals surface area contributed by atoms with Gasteiger partial charge in [-0.25, -0.2) is 0 Å². The molecule has 32 heavy (non-hydrogen) atoms. The Bertz CT molecular complexity index is 1160. The van der Waals surface area contributed by atoms with E-state index in [1.54, 1.807) is 30.3 Å². The topological polar surface area (TPSA) is 49.4 Å². The van der Waals surface area contributed by atoms with Crippen LogP contribution < -0.4 is 10.2 Å². The lowest BCUT2D eigenvalue weighted by molar-refractivity contribution is -0.137. The summed E-state index contributed by atoms with van der Waals surface area (Å²) in [4.78, 5) is 26.7. The minimum atomic E-state index is -4.44. The Kier molecular flexibility index (Phi) is 5.97. The van der Waals surface area contributed by atoms with E-state index in [9.17, 15) is 22.8 Å². The van der Waals surface area contributed by atoms with Gasteiger partial charge in [0.05, 0.1) is 11.3 Å². The summed E-state index contributed by atoms with van der Waals surface area (Å²) in [5.41, 5.74) is 2.39. The van der Waals surface area contributed by atoms with Crippen LogP contribution in [0, 0.1) is 6.92 Å². The Morgan fingerprint density at radius 3 is 2.44 bits per heavy atom. The van der Waals surface area contributed by atoms with Crippen molar-refractivity contribution in [1.82, 2.24) is 0 Å². The fourth-order valence-corrected chi connectivity index (χ4v) is 4.72. The maximum atomic E-state index is 12.9. The number of anilines is 2. The molecule has 1 heterocycles. The molecule has 1 aliphatic rings. The van der Waals surface area contributed by atoms with Crippen LogP contribution in [0.5, 0.6) is 0 Å². The number of benzene rings is 3. The number of amides is 2. The highest BCUT2D eigenvalue weighted by Gasteiger charge is 2.35. The smallest absolute Gasteiger partial charge is 0.322 e. The SMILES string of the molecule is Cc1ccccc1C(=O)Nc1cccc(C2SCC(=O)N2c2ccc(C(F)(F)F)cc2)c1. The predicted molar refractivity (Wildman–Crippen MR) is 120 cm³/mol. The molecule has 3 aromatic carbocycles. The zero-order valence-electron chi connectivity index (χ0n) is 17.0. The summed E-state index contributed by atoms with van der Waals surface area (Å²) in [6.07, 6.45) is -4.44. The molecule has 1 saturated heterocycles. The standard InChI is InChI=1S/C24H19F3N2O2S/c1-15-5-2-3-8-20(15)22(31)28-18-7-4-6-16(13-18)23-29(21(30)14-32-23)19-11-9-17(10-12-19)24(25,26)27/h2-13,23H,14H2,1H3,(H,28,31). The molecule has 1 fully saturated rings. The molecule has 0 saturated carbocycles. The Labute approximate surface area is 187 Å². The Hall–Kier alpha value is -3.26. The van der Waals surface area contributed by atoms with Crippen LogP contribution in [-0.2, 0) is 11.0 Å². The number of nitrogens with zero attached hydrogens (tertiary/aromatic N) is 1. The van der Waals surface area contributed by atoms with Gasteiger partial charge in [-0.05, 0) is 60.5 Å². The molecule has 164 valence electrons. The van der Waals surface area contributed by atoms with E-state index in [1.165, 1.54) is 28.8 Å². The first-order valence-corrected chi connectivity index (χ1v) is 10.9. The van der Waals surface area contributed by atoms with Crippen molar-refractivity contribution in [2.75, 3.05) is 16.0 Å². The van der Waals surface area contributed by atoms with Crippen LogP contribution in [0.15, 0.2) is 72.8 Å². The van der Waals surface area contributed by atoms with E-state index in [-0.39, 0.29) is 17.6 Å². The first kappa shape index (κ1) is 22.0. The molecule has 4 rings (SSSR count). The lowest BCUT2D eigenvalue weighted by atomic mass is 10.1. The van der Waals surface area contributed by atoms with E-state index in [0.717, 1.165) is 23.3 Å². The number of halogens is 3. The fraction of sp³-hybridized carbons (Fsp3) is 0.167. The van der Waals surface area contributed by atoms with E-state index in [1.807, 2.05) is 25.1 Å². The molecule has 8 heteroatoms. The van der Waals surface area contributed by atoms with Gasteiger partial charge >= 0.3 is 6.18 Å². The summed E-state index contributed by atoms with van der Waals surface area (Å²) in [5.74, 6) is -0.213. The van der Waals surface area contributed by atoms with E-state index < -0.39 is 17.1 Å². The molecule has 0 aliphatic carbocycles. The van der Waals surface area contributed by atoms with E-state index in [2.05, 4.69) is 5.32 Å². The zero-order valence-corrected chi connectivity index (χ0v) is 17.8. The van der Waals surface area contributed by atoms with Crippen molar-refractivity contribution in [3.8, 4) is 0 Å². The molecule has 0 radical (unpaired) electrons. The van der Waals surface area contributed by atoms with Crippen molar-refractivity contribution in [1.29, 1.82) is 0 Å². The van der Waals surface area contributed by atoms with Crippen LogP contribution in [0.4, 0.5) is 24.5 Å². The molecule has 0 aromatic heterocycles. The molecule has 0 bridgehead atoms. The van der Waals surface area contributed by atoms with Crippen LogP contribution >= 0.6 is 11.8 Å². The minimum absolute atomic E-state index is 0.186. The lowest BCUT2D eigenvalue weighted by Gasteiger charge is -2.25. The molecule has 1 aliphatic heterocycles. The van der Waals surface area contributed by atoms with Gasteiger partial charge in [0.15, 0.2) is 0 Å². The van der Waals surface area contributed by atoms with Gasteiger partial charge in [0.25, 0.3) is 5.91 Å². The number of carbonyl (C=O) groups is 2. The average molecular weight is 456 g/mol. The van der Waals surface area contributed by atoms with Gasteiger partial charge in [-0.2, -0.15) is 13.2 Å². The molecular weight excluding hydrogens is 437 g/mol. The molecule has 4 nitrogen and oxygen atoms in total. The maximum absolute atomic E-state index is 12.9. The highest BCUT2D eigenvalue weighted by atomic mass is 32.2. The number of alkyl halides is 3. The average Bonchev–Trinajstić information content (AvgIpc) is 3.15. The van der Waals surface area contributed by atoms with Crippen LogP contribution in [0.25, 0.3) is 0 Å².